The molecule has 6 aromatic rings. The largest absolute Gasteiger partial charge is 0.481 e. The second kappa shape index (κ2) is 40.8. The van der Waals surface area contributed by atoms with Crippen molar-refractivity contribution in [2.75, 3.05) is 34.4 Å². The molecule has 24 nitrogen and oxygen atoms in total. The lowest BCUT2D eigenvalue weighted by atomic mass is 9.99. The lowest BCUT2D eigenvalue weighted by Crippen LogP contribution is -2.15. The van der Waals surface area contributed by atoms with Gasteiger partial charge in [-0.05, 0) is 109 Å². The van der Waals surface area contributed by atoms with E-state index in [1.165, 1.54) is 30.3 Å². The zero-order chi connectivity index (χ0) is 93.3. The van der Waals surface area contributed by atoms with Crippen molar-refractivity contribution in [3.05, 3.63) is 172 Å². The van der Waals surface area contributed by atoms with Gasteiger partial charge in [0.1, 0.15) is 0 Å². The van der Waals surface area contributed by atoms with Crippen LogP contribution in [0.15, 0.2) is 109 Å². The van der Waals surface area contributed by atoms with E-state index in [0.717, 1.165) is 65.8 Å². The van der Waals surface area contributed by atoms with E-state index in [-0.39, 0.29) is 111 Å². The summed E-state index contributed by atoms with van der Waals surface area (Å²) in [6.07, 6.45) is -13.3. The van der Waals surface area contributed by atoms with E-state index in [0.29, 0.717) is 0 Å². The fourth-order valence-electron chi connectivity index (χ4n) is 5.99. The van der Waals surface area contributed by atoms with Crippen LogP contribution in [0.3, 0.4) is 0 Å². The Balaban J connectivity index is 0.000000708. The molecule has 18 N–H and O–H groups in total. The zero-order valence-electron chi connectivity index (χ0n) is 72.4. The number of benzene rings is 6. The van der Waals surface area contributed by atoms with E-state index < -0.39 is 185 Å². The Morgan fingerprint density at radius 2 is 0.562 bits per heavy atom. The number of halogens is 6. The van der Waals surface area contributed by atoms with Gasteiger partial charge in [0.2, 0.25) is 0 Å². The third-order valence-electron chi connectivity index (χ3n) is 11.1. The van der Waals surface area contributed by atoms with Gasteiger partial charge in [0.15, 0.2) is 34.7 Å². The normalized spacial score (nSPS) is 18.2. The Bertz CT molecular complexity index is 5050. The van der Waals surface area contributed by atoms with Gasteiger partial charge >= 0.3 is 35.8 Å². The number of carboxylic acids is 6. The molecule has 0 bridgehead atoms. The summed E-state index contributed by atoms with van der Waals surface area (Å²) in [5, 5.41) is 52.7. The minimum Gasteiger partial charge on any atom is -0.481 e. The molecule has 6 rings (SSSR count). The fraction of sp³-hybridized carbons (Fsp3) is 0.273. The van der Waals surface area contributed by atoms with Gasteiger partial charge in [0, 0.05) is 154 Å². The first-order valence-corrected chi connectivity index (χ1v) is 28.2. The molecule has 0 aromatic heterocycles. The molecule has 0 radical (unpaired) electrons. The van der Waals surface area contributed by atoms with Crippen LogP contribution in [0.25, 0.3) is 0 Å². The molecule has 0 aliphatic carbocycles. The SMILES string of the molecule is [2H]c1c(Cl)ccc(C(=O)C([2H])([2H])C(C)C(=O)O)c1N.[2H]c1c(Cl)ccc(C(=O)C([2H])([2H])C([2H])(C)C(=O)O)c1N.[2H]c1c(Cl)ccc(C(=O)C([2H])C([2H])(C)C(=O)O)c1N.[2H]c1cc(Cl)c([2H])c(N)c1C(=O)C([2H])([2H])C([2H])(C)C(=O)O.[2H]c1cc(Cl)c([2H])c(N)c1C(=O)C([2H])C([2H])(C)C(=O)O.[2H]c1cc(Cl)c([2H])c(N)c1C(=O)CC([2H])(C)C(=O)O. The van der Waals surface area contributed by atoms with E-state index >= 15 is 0 Å². The highest BCUT2D eigenvalue weighted by molar-refractivity contribution is 6.33. The topological polar surface area (TPSA) is 482 Å². The molecule has 516 valence electrons. The molecular formula is C66H72Cl6N6O18. The molecule has 8 atom stereocenters. The molecule has 0 aliphatic heterocycles. The minimum atomic E-state index is -3.15. The average molecular weight is 1470 g/mol. The Labute approximate surface area is 612 Å². The highest BCUT2D eigenvalue weighted by atomic mass is 35.5. The Hall–Kier alpha value is -9.30. The van der Waals surface area contributed by atoms with Gasteiger partial charge in [0.05, 0.1) is 47.7 Å². The molecule has 6 aromatic carbocycles. The zero-order valence-corrected chi connectivity index (χ0v) is 55.0. The van der Waals surface area contributed by atoms with Gasteiger partial charge in [-0.2, -0.15) is 0 Å². The number of aliphatic carboxylic acids is 6. The highest BCUT2D eigenvalue weighted by Crippen LogP contribution is 2.27. The number of rotatable bonds is 24. The summed E-state index contributed by atoms with van der Waals surface area (Å²) < 4.78 is 167. The number of hydrogen-bond acceptors (Lipinski definition) is 18. The number of nitrogens with two attached hydrogens (primary N) is 6. The highest BCUT2D eigenvalue weighted by Gasteiger charge is 2.24. The predicted octanol–water partition coefficient (Wildman–Crippen LogP) is 13.3. The number of Topliss-reactive ketones (excluding diaryl/α,β-unsaturated/α-hetero) is 6. The molecule has 0 saturated carbocycles. The maximum atomic E-state index is 12.2. The lowest BCUT2D eigenvalue weighted by Gasteiger charge is -2.07. The quantitative estimate of drug-likeness (QED) is 0.0198. The van der Waals surface area contributed by atoms with Gasteiger partial charge in [-0.1, -0.05) is 111 Å². The van der Waals surface area contributed by atoms with Crippen LogP contribution in [0, 0.1) is 35.4 Å². The van der Waals surface area contributed by atoms with Gasteiger partial charge < -0.3 is 65.0 Å². The first-order valence-electron chi connectivity index (χ1n) is 37.0. The molecule has 96 heavy (non-hydrogen) atoms. The van der Waals surface area contributed by atoms with E-state index in [1.54, 1.807) is 0 Å². The summed E-state index contributed by atoms with van der Waals surface area (Å²) in [5.41, 5.74) is 29.0. The van der Waals surface area contributed by atoms with Crippen molar-refractivity contribution in [2.45, 2.75) is 79.9 Å². The van der Waals surface area contributed by atoms with Gasteiger partial charge in [-0.3, -0.25) is 57.5 Å². The van der Waals surface area contributed by atoms with Crippen molar-refractivity contribution in [3.8, 4) is 0 Å². The standard InChI is InChI=1S/6C11H12ClNO3/c6*1-6(11(15)16)4-10(14)8-3-2-7(12)5-9(8)13/h6*2-3,5-6H,4,13H2,1H3,(H,15,16)/i3D,4D2,5D,6D;3D,4D,5D,6D;4D2,5D,6D;4D,5D,6D;3D,5D,6D;4D2,5D. The minimum absolute atomic E-state index is 0.0218. The van der Waals surface area contributed by atoms with Crippen LogP contribution < -0.4 is 34.4 Å². The van der Waals surface area contributed by atoms with Gasteiger partial charge in [-0.25, -0.2) is 0 Å². The maximum Gasteiger partial charge on any atom is 0.306 e. The van der Waals surface area contributed by atoms with Crippen molar-refractivity contribution in [1.82, 2.24) is 0 Å². The monoisotopic (exact) mass is 1470 g/mol. The third kappa shape index (κ3) is 30.0. The molecule has 0 aliphatic rings. The fourth-order valence-corrected chi connectivity index (χ4v) is 6.96. The molecule has 0 spiro atoms. The van der Waals surface area contributed by atoms with Crippen LogP contribution in [-0.2, 0) is 28.8 Å². The number of anilines is 6. The van der Waals surface area contributed by atoms with E-state index in [9.17, 15) is 57.5 Å². The summed E-state index contributed by atoms with van der Waals surface area (Å²) in [4.78, 5) is 138. The van der Waals surface area contributed by atoms with E-state index in [2.05, 4.69) is 0 Å². The number of hydrogen-bond donors (Lipinski definition) is 12. The number of ketones is 6. The number of carbonyl (C=O) groups is 12. The Kier molecular flexibility index (Phi) is 22.9. The summed E-state index contributed by atoms with van der Waals surface area (Å²) in [5.74, 6) is -30.1. The summed E-state index contributed by atoms with van der Waals surface area (Å²) >= 11 is 33.9. The first kappa shape index (κ1) is 53.9. The summed E-state index contributed by atoms with van der Waals surface area (Å²) in [7, 11) is 0. The summed E-state index contributed by atoms with van der Waals surface area (Å²) in [6, 6.07) is 6.99. The van der Waals surface area contributed by atoms with Crippen LogP contribution >= 0.6 is 69.6 Å². The number of carboxylic acid groups (broad SMARTS) is 6. The number of nitrogen functional groups attached to an aromatic ring is 6. The van der Waals surface area contributed by atoms with Crippen LogP contribution in [0.2, 0.25) is 30.1 Å². The van der Waals surface area contributed by atoms with Crippen molar-refractivity contribution in [3.63, 3.8) is 0 Å². The maximum absolute atomic E-state index is 12.2. The van der Waals surface area contributed by atoms with Gasteiger partial charge in [0.25, 0.3) is 0 Å². The predicted molar refractivity (Wildman–Crippen MR) is 370 cm³/mol. The van der Waals surface area contributed by atoms with Crippen molar-refractivity contribution in [1.29, 1.82) is 0 Å². The van der Waals surface area contributed by atoms with Gasteiger partial charge in [-0.15, -0.1) is 0 Å². The second-order valence-corrected chi connectivity index (χ2v) is 21.0. The van der Waals surface area contributed by atoms with E-state index in [4.69, 9.17) is 165 Å². The third-order valence-corrected chi connectivity index (χ3v) is 12.3. The van der Waals surface area contributed by atoms with Crippen LogP contribution in [-0.4, -0.2) is 101 Å². The molecule has 30 heteroatoms. The smallest absolute Gasteiger partial charge is 0.306 e. The molecular weight excluding hydrogens is 1380 g/mol. The molecule has 0 amide bonds. The molecule has 0 heterocycles. The van der Waals surface area contributed by atoms with Crippen LogP contribution in [0.4, 0.5) is 34.1 Å². The number of carbonyl (C=O) groups excluding carboxylic acids is 6. The lowest BCUT2D eigenvalue weighted by molar-refractivity contribution is -0.141. The average Bonchev–Trinajstić information content (AvgIpc) is 0.757. The first-order chi connectivity index (χ1) is 53.1. The van der Waals surface area contributed by atoms with Crippen LogP contribution in [0.1, 0.15) is 172 Å². The molecule has 0 fully saturated rings. The van der Waals surface area contributed by atoms with Crippen LogP contribution in [0.5, 0.6) is 0 Å². The van der Waals surface area contributed by atoms with Crippen molar-refractivity contribution < 1.29 is 118 Å². The Morgan fingerprint density at radius 3 is 0.854 bits per heavy atom. The van der Waals surface area contributed by atoms with Crippen molar-refractivity contribution >= 4 is 174 Å². The summed E-state index contributed by atoms with van der Waals surface area (Å²) in [6.45, 7) is 5.53. The molecule has 8 unspecified atom stereocenters. The van der Waals surface area contributed by atoms with Crippen molar-refractivity contribution in [2.24, 2.45) is 35.4 Å². The van der Waals surface area contributed by atoms with E-state index in [1.807, 2.05) is 0 Å². The molecule has 0 saturated heterocycles. The second-order valence-electron chi connectivity index (χ2n) is 18.5. The Morgan fingerprint density at radius 1 is 0.333 bits per heavy atom.